The molecule has 3 heterocycles. The summed E-state index contributed by atoms with van der Waals surface area (Å²) in [6.07, 6.45) is 6.91. The van der Waals surface area contributed by atoms with Crippen molar-refractivity contribution in [3.63, 3.8) is 0 Å². The summed E-state index contributed by atoms with van der Waals surface area (Å²) in [5.41, 5.74) is 1.55. The van der Waals surface area contributed by atoms with E-state index in [1.54, 1.807) is 23.0 Å². The molecule has 1 aliphatic carbocycles. The number of halogens is 2. The van der Waals surface area contributed by atoms with Crippen molar-refractivity contribution in [2.75, 3.05) is 0 Å². The summed E-state index contributed by atoms with van der Waals surface area (Å²) in [5.74, 6) is 1.37. The Balaban J connectivity index is 1.25. The topological polar surface area (TPSA) is 98.7 Å². The van der Waals surface area contributed by atoms with Crippen molar-refractivity contribution in [1.82, 2.24) is 30.0 Å². The average molecular weight is 439 g/mol. The van der Waals surface area contributed by atoms with Gasteiger partial charge in [0.15, 0.2) is 5.82 Å². The Bertz CT molecular complexity index is 1250. The van der Waals surface area contributed by atoms with Gasteiger partial charge in [-0.15, -0.1) is 0 Å². The molecule has 10 heteroatoms. The van der Waals surface area contributed by atoms with E-state index >= 15 is 0 Å². The van der Waals surface area contributed by atoms with E-state index in [2.05, 4.69) is 25.4 Å². The fraction of sp³-hybridized carbons (Fsp3) is 0.190. The third-order valence-corrected chi connectivity index (χ3v) is 5.27. The normalized spacial score (nSPS) is 13.4. The molecular formula is C21H16ClFN6O2. The summed E-state index contributed by atoms with van der Waals surface area (Å²) in [4.78, 5) is 25.3. The summed E-state index contributed by atoms with van der Waals surface area (Å²) < 4.78 is 20.1. The van der Waals surface area contributed by atoms with Crippen LogP contribution in [-0.2, 0) is 6.54 Å². The van der Waals surface area contributed by atoms with Crippen molar-refractivity contribution in [2.45, 2.75) is 25.3 Å². The molecule has 8 nitrogen and oxygen atoms in total. The molecule has 0 aliphatic heterocycles. The maximum atomic E-state index is 13.1. The number of nitrogens with one attached hydrogen (secondary N) is 1. The molecule has 31 heavy (non-hydrogen) atoms. The van der Waals surface area contributed by atoms with Crippen LogP contribution >= 0.6 is 11.6 Å². The van der Waals surface area contributed by atoms with E-state index < -0.39 is 5.82 Å². The Hall–Kier alpha value is -3.59. The monoisotopic (exact) mass is 438 g/mol. The summed E-state index contributed by atoms with van der Waals surface area (Å²) in [5, 5.41) is 6.97. The Morgan fingerprint density at radius 3 is 2.87 bits per heavy atom. The molecule has 1 aliphatic rings. The number of carbonyl (C=O) groups excluding carboxylic acids is 1. The first-order chi connectivity index (χ1) is 15.1. The Labute approximate surface area is 181 Å². The third kappa shape index (κ3) is 4.17. The van der Waals surface area contributed by atoms with Gasteiger partial charge in [0, 0.05) is 29.9 Å². The molecule has 1 N–H and O–H groups in total. The lowest BCUT2D eigenvalue weighted by molar-refractivity contribution is 0.0946. The fourth-order valence-electron chi connectivity index (χ4n) is 3.02. The standard InChI is InChI=1S/C21H16ClFN6O2/c22-16-7-15(23)5-3-13(16)8-25-20(30)17-10-29(11-26-17)18-6-4-14(9-24-18)21-27-19(28-31-21)12-1-2-12/h3-7,9-12H,1-2,8H2,(H,25,30). The Morgan fingerprint density at radius 2 is 2.13 bits per heavy atom. The lowest BCUT2D eigenvalue weighted by Gasteiger charge is -2.05. The number of nitrogens with zero attached hydrogens (tertiary/aromatic N) is 5. The number of amides is 1. The smallest absolute Gasteiger partial charge is 0.271 e. The molecule has 1 saturated carbocycles. The van der Waals surface area contributed by atoms with Gasteiger partial charge in [-0.05, 0) is 42.7 Å². The quantitative estimate of drug-likeness (QED) is 0.490. The summed E-state index contributed by atoms with van der Waals surface area (Å²) >= 11 is 5.99. The fourth-order valence-corrected chi connectivity index (χ4v) is 3.26. The van der Waals surface area contributed by atoms with Crippen LogP contribution in [-0.4, -0.2) is 30.6 Å². The van der Waals surface area contributed by atoms with Gasteiger partial charge in [0.2, 0.25) is 0 Å². The van der Waals surface area contributed by atoms with Gasteiger partial charge in [-0.2, -0.15) is 4.98 Å². The Morgan fingerprint density at radius 1 is 1.26 bits per heavy atom. The van der Waals surface area contributed by atoms with Crippen molar-refractivity contribution in [3.8, 4) is 17.3 Å². The molecule has 0 unspecified atom stereocenters. The number of hydrogen-bond donors (Lipinski definition) is 1. The van der Waals surface area contributed by atoms with Gasteiger partial charge in [0.05, 0.1) is 5.56 Å². The van der Waals surface area contributed by atoms with E-state index in [1.165, 1.54) is 24.5 Å². The van der Waals surface area contributed by atoms with Crippen LogP contribution in [0.2, 0.25) is 5.02 Å². The van der Waals surface area contributed by atoms with E-state index in [0.717, 1.165) is 24.2 Å². The van der Waals surface area contributed by atoms with E-state index in [9.17, 15) is 9.18 Å². The molecule has 0 saturated heterocycles. The molecule has 5 rings (SSSR count). The molecule has 0 radical (unpaired) electrons. The average Bonchev–Trinajstić information content (AvgIpc) is 3.30. The van der Waals surface area contributed by atoms with Crippen LogP contribution in [0.5, 0.6) is 0 Å². The molecule has 1 amide bonds. The minimum absolute atomic E-state index is 0.158. The second-order valence-corrected chi connectivity index (χ2v) is 7.63. The van der Waals surface area contributed by atoms with E-state index in [4.69, 9.17) is 16.1 Å². The van der Waals surface area contributed by atoms with Gasteiger partial charge in [-0.1, -0.05) is 22.8 Å². The second-order valence-electron chi connectivity index (χ2n) is 7.22. The number of carbonyl (C=O) groups is 1. The molecule has 1 fully saturated rings. The van der Waals surface area contributed by atoms with Crippen molar-refractivity contribution < 1.29 is 13.7 Å². The minimum Gasteiger partial charge on any atom is -0.347 e. The first-order valence-corrected chi connectivity index (χ1v) is 10.0. The summed E-state index contributed by atoms with van der Waals surface area (Å²) in [6.45, 7) is 0.158. The molecule has 156 valence electrons. The van der Waals surface area contributed by atoms with Gasteiger partial charge in [0.25, 0.3) is 11.8 Å². The maximum absolute atomic E-state index is 13.1. The van der Waals surface area contributed by atoms with Crippen molar-refractivity contribution >= 4 is 17.5 Å². The molecule has 1 aromatic carbocycles. The highest BCUT2D eigenvalue weighted by Gasteiger charge is 2.29. The van der Waals surface area contributed by atoms with E-state index in [-0.39, 0.29) is 23.2 Å². The number of pyridine rings is 1. The van der Waals surface area contributed by atoms with Crippen LogP contribution in [0.3, 0.4) is 0 Å². The molecule has 0 atom stereocenters. The van der Waals surface area contributed by atoms with Gasteiger partial charge >= 0.3 is 0 Å². The van der Waals surface area contributed by atoms with Crippen molar-refractivity contribution in [2.24, 2.45) is 0 Å². The first-order valence-electron chi connectivity index (χ1n) is 9.63. The maximum Gasteiger partial charge on any atom is 0.271 e. The zero-order chi connectivity index (χ0) is 21.4. The van der Waals surface area contributed by atoms with Crippen LogP contribution in [0.15, 0.2) is 53.6 Å². The number of hydrogen-bond acceptors (Lipinski definition) is 6. The van der Waals surface area contributed by atoms with Crippen LogP contribution in [0, 0.1) is 5.82 Å². The first kappa shape index (κ1) is 19.4. The Kier molecular flexibility index (Phi) is 4.95. The molecule has 0 spiro atoms. The highest BCUT2D eigenvalue weighted by Crippen LogP contribution is 2.38. The van der Waals surface area contributed by atoms with Gasteiger partial charge in [0.1, 0.15) is 23.7 Å². The van der Waals surface area contributed by atoms with Crippen molar-refractivity contribution in [1.29, 1.82) is 0 Å². The predicted molar refractivity (Wildman–Crippen MR) is 109 cm³/mol. The van der Waals surface area contributed by atoms with Gasteiger partial charge in [-0.25, -0.2) is 14.4 Å². The zero-order valence-electron chi connectivity index (χ0n) is 16.1. The number of rotatable bonds is 6. The predicted octanol–water partition coefficient (Wildman–Crippen LogP) is 3.92. The SMILES string of the molecule is O=C(NCc1ccc(F)cc1Cl)c1cn(-c2ccc(-c3nc(C4CC4)no3)cn2)cn1. The summed E-state index contributed by atoms with van der Waals surface area (Å²) in [7, 11) is 0. The molecule has 4 aromatic rings. The largest absolute Gasteiger partial charge is 0.347 e. The van der Waals surface area contributed by atoms with Crippen LogP contribution in [0.1, 0.15) is 40.6 Å². The number of benzene rings is 1. The number of imidazole rings is 1. The minimum atomic E-state index is -0.431. The molecular weight excluding hydrogens is 423 g/mol. The van der Waals surface area contributed by atoms with Crippen LogP contribution in [0.4, 0.5) is 4.39 Å². The van der Waals surface area contributed by atoms with Gasteiger partial charge < -0.3 is 9.84 Å². The van der Waals surface area contributed by atoms with E-state index in [1.807, 2.05) is 6.07 Å². The van der Waals surface area contributed by atoms with Crippen LogP contribution < -0.4 is 5.32 Å². The number of aromatic nitrogens is 5. The van der Waals surface area contributed by atoms with Crippen molar-refractivity contribution in [3.05, 3.63) is 77.0 Å². The lowest BCUT2D eigenvalue weighted by Crippen LogP contribution is -2.23. The van der Waals surface area contributed by atoms with E-state index in [0.29, 0.717) is 23.2 Å². The highest BCUT2D eigenvalue weighted by molar-refractivity contribution is 6.31. The molecule has 3 aromatic heterocycles. The third-order valence-electron chi connectivity index (χ3n) is 4.91. The van der Waals surface area contributed by atoms with Gasteiger partial charge in [-0.3, -0.25) is 9.36 Å². The lowest BCUT2D eigenvalue weighted by atomic mass is 10.2. The second kappa shape index (κ2) is 7.92. The highest BCUT2D eigenvalue weighted by atomic mass is 35.5. The molecule has 0 bridgehead atoms. The summed E-state index contributed by atoms with van der Waals surface area (Å²) in [6, 6.07) is 7.62. The van der Waals surface area contributed by atoms with Crippen LogP contribution in [0.25, 0.3) is 17.3 Å². The zero-order valence-corrected chi connectivity index (χ0v) is 16.9.